The monoisotopic (exact) mass is 432 g/mol. The van der Waals surface area contributed by atoms with E-state index in [1.165, 1.54) is 25.6 Å². The van der Waals surface area contributed by atoms with Gasteiger partial charge in [-0.15, -0.1) is 11.3 Å². The van der Waals surface area contributed by atoms with Gasteiger partial charge in [-0.1, -0.05) is 22.8 Å². The van der Waals surface area contributed by atoms with Crippen molar-refractivity contribution in [2.75, 3.05) is 24.9 Å². The minimum absolute atomic E-state index is 0.322. The second-order valence-corrected chi connectivity index (χ2v) is 7.56. The molecule has 9 nitrogen and oxygen atoms in total. The molecule has 0 saturated carbocycles. The van der Waals surface area contributed by atoms with Crippen LogP contribution in [0.25, 0.3) is 0 Å². The van der Waals surface area contributed by atoms with Crippen molar-refractivity contribution in [2.45, 2.75) is 13.0 Å². The van der Waals surface area contributed by atoms with Gasteiger partial charge in [-0.2, -0.15) is 4.68 Å². The lowest BCUT2D eigenvalue weighted by Crippen LogP contribution is -2.31. The van der Waals surface area contributed by atoms with Crippen LogP contribution in [0.3, 0.4) is 0 Å². The molecule has 4 rings (SSSR count). The number of tetrazole rings is 1. The van der Waals surface area contributed by atoms with E-state index in [0.717, 1.165) is 4.88 Å². The Balaban J connectivity index is 1.74. The molecule has 1 aromatic carbocycles. The number of rotatable bonds is 5. The lowest BCUT2D eigenvalue weighted by Gasteiger charge is -2.27. The highest BCUT2D eigenvalue weighted by molar-refractivity contribution is 7.10. The first kappa shape index (κ1) is 19.2. The molecule has 2 N–H and O–H groups in total. The number of hydrogen-bond donors (Lipinski definition) is 2. The van der Waals surface area contributed by atoms with Crippen LogP contribution in [-0.4, -0.2) is 40.3 Å². The average Bonchev–Trinajstić information content (AvgIpc) is 3.39. The Labute approximate surface area is 175 Å². The van der Waals surface area contributed by atoms with Gasteiger partial charge in [0.25, 0.3) is 5.91 Å². The highest BCUT2D eigenvalue weighted by atomic mass is 35.5. The van der Waals surface area contributed by atoms with E-state index >= 15 is 0 Å². The Bertz CT molecular complexity index is 1100. The molecule has 3 heterocycles. The topological polar surface area (TPSA) is 103 Å². The summed E-state index contributed by atoms with van der Waals surface area (Å²) in [6.07, 6.45) is 0. The highest BCUT2D eigenvalue weighted by Gasteiger charge is 2.35. The van der Waals surface area contributed by atoms with Gasteiger partial charge in [-0.05, 0) is 28.8 Å². The quantitative estimate of drug-likeness (QED) is 0.637. The number of hydrogen-bond acceptors (Lipinski definition) is 8. The first-order valence-corrected chi connectivity index (χ1v) is 9.81. The zero-order valence-electron chi connectivity index (χ0n) is 15.8. The predicted molar refractivity (Wildman–Crippen MR) is 110 cm³/mol. The number of benzene rings is 1. The third-order valence-corrected chi connectivity index (χ3v) is 5.71. The Morgan fingerprint density at radius 3 is 2.79 bits per heavy atom. The summed E-state index contributed by atoms with van der Waals surface area (Å²) >= 11 is 7.68. The van der Waals surface area contributed by atoms with Gasteiger partial charge in [0, 0.05) is 22.7 Å². The fraction of sp³-hybridized carbons (Fsp3) is 0.222. The number of ether oxygens (including phenoxy) is 2. The van der Waals surface area contributed by atoms with Crippen molar-refractivity contribution in [3.05, 3.63) is 50.8 Å². The summed E-state index contributed by atoms with van der Waals surface area (Å²) in [6.45, 7) is 1.81. The number of fused-ring (bicyclic) bond motifs is 1. The van der Waals surface area contributed by atoms with Crippen LogP contribution < -0.4 is 20.1 Å². The lowest BCUT2D eigenvalue weighted by atomic mass is 10.0. The Morgan fingerprint density at radius 1 is 1.31 bits per heavy atom. The minimum Gasteiger partial charge on any atom is -0.495 e. The van der Waals surface area contributed by atoms with Crippen molar-refractivity contribution >= 4 is 40.5 Å². The first-order valence-electron chi connectivity index (χ1n) is 8.55. The summed E-state index contributed by atoms with van der Waals surface area (Å²) in [5.41, 5.74) is 1.58. The van der Waals surface area contributed by atoms with Gasteiger partial charge in [-0.25, -0.2) is 0 Å². The van der Waals surface area contributed by atoms with Gasteiger partial charge < -0.3 is 20.1 Å². The van der Waals surface area contributed by atoms with Crippen molar-refractivity contribution in [3.8, 4) is 11.5 Å². The summed E-state index contributed by atoms with van der Waals surface area (Å²) in [4.78, 5) is 14.3. The molecule has 1 aliphatic heterocycles. The number of carbonyl (C=O) groups is 1. The van der Waals surface area contributed by atoms with Crippen molar-refractivity contribution in [3.63, 3.8) is 0 Å². The SMILES string of the molecule is COc1cc(NC(=O)C2=C(C)Nc3nnnn3[C@@H]2c2cccs2)c(OC)cc1Cl. The molecule has 0 saturated heterocycles. The van der Waals surface area contributed by atoms with E-state index in [9.17, 15) is 4.79 Å². The average molecular weight is 433 g/mol. The van der Waals surface area contributed by atoms with Crippen molar-refractivity contribution in [2.24, 2.45) is 0 Å². The molecule has 0 aliphatic carbocycles. The fourth-order valence-electron chi connectivity index (χ4n) is 3.16. The van der Waals surface area contributed by atoms with Crippen LogP contribution in [0.15, 0.2) is 40.9 Å². The molecular weight excluding hydrogens is 416 g/mol. The van der Waals surface area contributed by atoms with Gasteiger partial charge in [0.15, 0.2) is 0 Å². The second-order valence-electron chi connectivity index (χ2n) is 6.17. The molecule has 1 atom stereocenters. The smallest absolute Gasteiger partial charge is 0.256 e. The first-order chi connectivity index (χ1) is 14.0. The van der Waals surface area contributed by atoms with Gasteiger partial charge in [0.1, 0.15) is 17.5 Å². The summed E-state index contributed by atoms with van der Waals surface area (Å²) in [6, 6.07) is 6.62. The molecular formula is C18H17ClN6O3S. The third kappa shape index (κ3) is 3.40. The minimum atomic E-state index is -0.457. The number of allylic oxidation sites excluding steroid dienone is 1. The van der Waals surface area contributed by atoms with E-state index in [-0.39, 0.29) is 5.91 Å². The van der Waals surface area contributed by atoms with E-state index in [1.54, 1.807) is 16.8 Å². The predicted octanol–water partition coefficient (Wildman–Crippen LogP) is 3.33. The largest absolute Gasteiger partial charge is 0.495 e. The van der Waals surface area contributed by atoms with Crippen LogP contribution >= 0.6 is 22.9 Å². The molecule has 11 heteroatoms. The van der Waals surface area contributed by atoms with Gasteiger partial charge in [-0.3, -0.25) is 4.79 Å². The maximum absolute atomic E-state index is 13.4. The summed E-state index contributed by atoms with van der Waals surface area (Å²) in [7, 11) is 3.01. The number of aromatic nitrogens is 4. The van der Waals surface area contributed by atoms with Crippen LogP contribution in [-0.2, 0) is 4.79 Å². The van der Waals surface area contributed by atoms with Crippen molar-refractivity contribution in [1.82, 2.24) is 20.2 Å². The molecule has 29 heavy (non-hydrogen) atoms. The van der Waals surface area contributed by atoms with Crippen LogP contribution in [0, 0.1) is 0 Å². The number of amides is 1. The zero-order chi connectivity index (χ0) is 20.5. The molecule has 0 fully saturated rings. The lowest BCUT2D eigenvalue weighted by molar-refractivity contribution is -0.113. The highest BCUT2D eigenvalue weighted by Crippen LogP contribution is 2.39. The normalized spacial score (nSPS) is 15.5. The fourth-order valence-corrected chi connectivity index (χ4v) is 4.21. The maximum atomic E-state index is 13.4. The second kappa shape index (κ2) is 7.72. The molecule has 150 valence electrons. The van der Waals surface area contributed by atoms with Crippen molar-refractivity contribution < 1.29 is 14.3 Å². The number of carbonyl (C=O) groups excluding carboxylic acids is 1. The molecule has 1 amide bonds. The van der Waals surface area contributed by atoms with E-state index in [1.807, 2.05) is 24.4 Å². The maximum Gasteiger partial charge on any atom is 0.256 e. The molecule has 0 spiro atoms. The number of nitrogens with one attached hydrogen (secondary N) is 2. The molecule has 3 aromatic rings. The molecule has 1 aliphatic rings. The molecule has 2 aromatic heterocycles. The van der Waals surface area contributed by atoms with E-state index in [0.29, 0.717) is 39.4 Å². The number of halogens is 1. The summed E-state index contributed by atoms with van der Waals surface area (Å²) < 4.78 is 12.2. The number of methoxy groups -OCH3 is 2. The molecule has 0 radical (unpaired) electrons. The summed E-state index contributed by atoms with van der Waals surface area (Å²) in [5.74, 6) is 0.996. The van der Waals surface area contributed by atoms with Crippen LogP contribution in [0.1, 0.15) is 17.8 Å². The Hall–Kier alpha value is -3.11. The van der Waals surface area contributed by atoms with Crippen LogP contribution in [0.4, 0.5) is 11.6 Å². The molecule has 0 bridgehead atoms. The van der Waals surface area contributed by atoms with E-state index in [4.69, 9.17) is 21.1 Å². The van der Waals surface area contributed by atoms with Gasteiger partial charge in [0.2, 0.25) is 5.95 Å². The number of thiophene rings is 1. The van der Waals surface area contributed by atoms with Crippen LogP contribution in [0.5, 0.6) is 11.5 Å². The van der Waals surface area contributed by atoms with E-state index < -0.39 is 6.04 Å². The Kier molecular flexibility index (Phi) is 5.12. The zero-order valence-corrected chi connectivity index (χ0v) is 17.3. The molecule has 0 unspecified atom stereocenters. The third-order valence-electron chi connectivity index (χ3n) is 4.49. The Morgan fingerprint density at radius 2 is 2.10 bits per heavy atom. The van der Waals surface area contributed by atoms with Gasteiger partial charge >= 0.3 is 0 Å². The summed E-state index contributed by atoms with van der Waals surface area (Å²) in [5, 5.41) is 20.1. The number of nitrogens with zero attached hydrogens (tertiary/aromatic N) is 4. The standard InChI is InChI=1S/C18H17ClN6O3S/c1-9-15(16(14-5-4-6-29-14)25-18(20-9)22-23-24-25)17(26)21-11-8-12(27-2)10(19)7-13(11)28-3/h4-8,16H,1-3H3,(H,21,26)(H,20,22,24)/t16-/m1/s1. The van der Waals surface area contributed by atoms with E-state index in [2.05, 4.69) is 26.2 Å². The van der Waals surface area contributed by atoms with Gasteiger partial charge in [0.05, 0.1) is 30.5 Å². The number of anilines is 2. The van der Waals surface area contributed by atoms with Crippen molar-refractivity contribution in [1.29, 1.82) is 0 Å². The van der Waals surface area contributed by atoms with Crippen LogP contribution in [0.2, 0.25) is 5.02 Å².